The smallest absolute Gasteiger partial charge is 0.124 e. The van der Waals surface area contributed by atoms with Gasteiger partial charge in [0.05, 0.1) is 23.0 Å². The van der Waals surface area contributed by atoms with Crippen molar-refractivity contribution in [3.8, 4) is 11.8 Å². The number of aryl methyl sites for hydroxylation is 1. The number of hydrogen-bond donors (Lipinski definition) is 1. The molecule has 2 rings (SSSR count). The van der Waals surface area contributed by atoms with Crippen molar-refractivity contribution in [1.82, 2.24) is 9.78 Å². The molecule has 0 saturated carbocycles. The molecule has 0 spiro atoms. The number of rotatable bonds is 2. The van der Waals surface area contributed by atoms with Gasteiger partial charge in [0.2, 0.25) is 0 Å². The highest BCUT2D eigenvalue weighted by Crippen LogP contribution is 2.21. The Hall–Kier alpha value is -1.83. The maximum absolute atomic E-state index is 13.3. The van der Waals surface area contributed by atoms with Crippen LogP contribution in [0.2, 0.25) is 5.02 Å². The van der Waals surface area contributed by atoms with Crippen molar-refractivity contribution < 1.29 is 9.50 Å². The van der Waals surface area contributed by atoms with Crippen LogP contribution in [-0.2, 0) is 6.54 Å². The van der Waals surface area contributed by atoms with Crippen molar-refractivity contribution in [3.05, 3.63) is 51.6 Å². The van der Waals surface area contributed by atoms with E-state index >= 15 is 0 Å². The predicted octanol–water partition coefficient (Wildman–Crippen LogP) is 2.68. The Kier molecular flexibility index (Phi) is 4.43. The first kappa shape index (κ1) is 14.6. The minimum atomic E-state index is -0.359. The average molecular weight is 293 g/mol. The molecule has 1 heterocycles. The first-order valence-corrected chi connectivity index (χ1v) is 6.48. The third-order valence-electron chi connectivity index (χ3n) is 2.99. The molecule has 1 N–H and O–H groups in total. The largest absolute Gasteiger partial charge is 0.384 e. The van der Waals surface area contributed by atoms with Crippen molar-refractivity contribution in [2.75, 3.05) is 6.61 Å². The summed E-state index contributed by atoms with van der Waals surface area (Å²) in [5.41, 5.74) is 2.99. The Labute approximate surface area is 122 Å². The van der Waals surface area contributed by atoms with Crippen LogP contribution >= 0.6 is 11.6 Å². The highest BCUT2D eigenvalue weighted by atomic mass is 35.5. The van der Waals surface area contributed by atoms with Crippen LogP contribution in [0.3, 0.4) is 0 Å². The fraction of sp³-hybridized carbons (Fsp3) is 0.267. The topological polar surface area (TPSA) is 38.0 Å². The van der Waals surface area contributed by atoms with E-state index in [-0.39, 0.29) is 12.4 Å². The van der Waals surface area contributed by atoms with E-state index in [0.717, 1.165) is 17.0 Å². The van der Waals surface area contributed by atoms with E-state index in [9.17, 15) is 4.39 Å². The van der Waals surface area contributed by atoms with Crippen molar-refractivity contribution >= 4 is 11.6 Å². The van der Waals surface area contributed by atoms with Gasteiger partial charge in [-0.15, -0.1) is 0 Å². The maximum atomic E-state index is 13.3. The van der Waals surface area contributed by atoms with E-state index in [0.29, 0.717) is 17.1 Å². The lowest BCUT2D eigenvalue weighted by Crippen LogP contribution is -2.06. The molecule has 0 bridgehead atoms. The molecule has 0 aliphatic carbocycles. The molecule has 20 heavy (non-hydrogen) atoms. The van der Waals surface area contributed by atoms with Gasteiger partial charge in [-0.3, -0.25) is 4.68 Å². The molecular weight excluding hydrogens is 279 g/mol. The average Bonchev–Trinajstić information content (AvgIpc) is 2.66. The number of benzene rings is 1. The van der Waals surface area contributed by atoms with Crippen LogP contribution in [0.15, 0.2) is 18.2 Å². The highest BCUT2D eigenvalue weighted by molar-refractivity contribution is 6.31. The Morgan fingerprint density at radius 2 is 2.15 bits per heavy atom. The molecule has 0 radical (unpaired) electrons. The molecule has 1 aromatic heterocycles. The zero-order chi connectivity index (χ0) is 14.7. The number of halogens is 2. The lowest BCUT2D eigenvalue weighted by Gasteiger charge is -2.07. The summed E-state index contributed by atoms with van der Waals surface area (Å²) in [4.78, 5) is 0. The fourth-order valence-electron chi connectivity index (χ4n) is 1.93. The van der Waals surface area contributed by atoms with Gasteiger partial charge in [-0.1, -0.05) is 29.5 Å². The van der Waals surface area contributed by atoms with Crippen LogP contribution in [-0.4, -0.2) is 21.5 Å². The van der Waals surface area contributed by atoms with Crippen molar-refractivity contribution in [1.29, 1.82) is 0 Å². The van der Waals surface area contributed by atoms with Crippen LogP contribution in [0.25, 0.3) is 0 Å². The van der Waals surface area contributed by atoms with Crippen LogP contribution in [0, 0.1) is 31.5 Å². The normalized spacial score (nSPS) is 10.2. The van der Waals surface area contributed by atoms with Crippen LogP contribution in [0.1, 0.15) is 22.5 Å². The summed E-state index contributed by atoms with van der Waals surface area (Å²) in [6.45, 7) is 3.91. The summed E-state index contributed by atoms with van der Waals surface area (Å²) in [5, 5.41) is 13.7. The fourth-order valence-corrected chi connectivity index (χ4v) is 2.06. The molecule has 0 aliphatic heterocycles. The SMILES string of the molecule is Cc1nn(Cc2ccc(F)cc2C#CCO)c(C)c1Cl. The standard InChI is InChI=1S/C15H14ClFN2O/c1-10-15(16)11(2)19(18-10)9-13-5-6-14(17)8-12(13)4-3-7-20/h5-6,8,20H,7,9H2,1-2H3. The van der Waals surface area contributed by atoms with E-state index in [1.54, 1.807) is 10.7 Å². The summed E-state index contributed by atoms with van der Waals surface area (Å²) in [6.07, 6.45) is 0. The third-order valence-corrected chi connectivity index (χ3v) is 3.53. The Morgan fingerprint density at radius 3 is 2.75 bits per heavy atom. The zero-order valence-corrected chi connectivity index (χ0v) is 12.0. The van der Waals surface area contributed by atoms with Gasteiger partial charge in [-0.05, 0) is 31.5 Å². The van der Waals surface area contributed by atoms with E-state index < -0.39 is 0 Å². The minimum absolute atomic E-state index is 0.262. The van der Waals surface area contributed by atoms with Gasteiger partial charge >= 0.3 is 0 Å². The lowest BCUT2D eigenvalue weighted by atomic mass is 10.1. The minimum Gasteiger partial charge on any atom is -0.384 e. The van der Waals surface area contributed by atoms with E-state index in [2.05, 4.69) is 16.9 Å². The van der Waals surface area contributed by atoms with Crippen molar-refractivity contribution in [2.24, 2.45) is 0 Å². The molecule has 2 aromatic rings. The van der Waals surface area contributed by atoms with Gasteiger partial charge in [-0.2, -0.15) is 5.10 Å². The number of aliphatic hydroxyl groups is 1. The van der Waals surface area contributed by atoms with Crippen LogP contribution in [0.4, 0.5) is 4.39 Å². The molecule has 0 fully saturated rings. The first-order valence-electron chi connectivity index (χ1n) is 6.10. The Bertz CT molecular complexity index is 698. The summed E-state index contributed by atoms with van der Waals surface area (Å²) in [5.74, 6) is 4.92. The molecular formula is C15H14ClFN2O. The molecule has 5 heteroatoms. The van der Waals surface area contributed by atoms with Gasteiger partial charge in [0.1, 0.15) is 12.4 Å². The molecule has 104 valence electrons. The quantitative estimate of drug-likeness (QED) is 0.864. The monoisotopic (exact) mass is 292 g/mol. The first-order chi connectivity index (χ1) is 9.52. The Balaban J connectivity index is 2.40. The van der Waals surface area contributed by atoms with Gasteiger partial charge in [0.15, 0.2) is 0 Å². The second kappa shape index (κ2) is 6.08. The molecule has 0 amide bonds. The second-order valence-electron chi connectivity index (χ2n) is 4.40. The lowest BCUT2D eigenvalue weighted by molar-refractivity contribution is 0.350. The van der Waals surface area contributed by atoms with Gasteiger partial charge in [-0.25, -0.2) is 4.39 Å². The Morgan fingerprint density at radius 1 is 1.40 bits per heavy atom. The van der Waals surface area contributed by atoms with Gasteiger partial charge < -0.3 is 5.11 Å². The van der Waals surface area contributed by atoms with Gasteiger partial charge in [0, 0.05) is 5.56 Å². The zero-order valence-electron chi connectivity index (χ0n) is 11.2. The molecule has 1 aromatic carbocycles. The van der Waals surface area contributed by atoms with E-state index in [1.165, 1.54) is 12.1 Å². The second-order valence-corrected chi connectivity index (χ2v) is 4.78. The summed E-state index contributed by atoms with van der Waals surface area (Å²) >= 11 is 6.11. The summed E-state index contributed by atoms with van der Waals surface area (Å²) in [7, 11) is 0. The molecule has 3 nitrogen and oxygen atoms in total. The molecule has 0 atom stereocenters. The number of hydrogen-bond acceptors (Lipinski definition) is 2. The number of aromatic nitrogens is 2. The van der Waals surface area contributed by atoms with Crippen LogP contribution < -0.4 is 0 Å². The van der Waals surface area contributed by atoms with E-state index in [4.69, 9.17) is 16.7 Å². The summed E-state index contributed by atoms with van der Waals surface area (Å²) < 4.78 is 15.0. The van der Waals surface area contributed by atoms with Crippen molar-refractivity contribution in [2.45, 2.75) is 20.4 Å². The summed E-state index contributed by atoms with van der Waals surface area (Å²) in [6, 6.07) is 4.40. The van der Waals surface area contributed by atoms with Crippen molar-refractivity contribution in [3.63, 3.8) is 0 Å². The maximum Gasteiger partial charge on any atom is 0.124 e. The van der Waals surface area contributed by atoms with Gasteiger partial charge in [0.25, 0.3) is 0 Å². The van der Waals surface area contributed by atoms with Crippen LogP contribution in [0.5, 0.6) is 0 Å². The number of nitrogens with zero attached hydrogens (tertiary/aromatic N) is 2. The predicted molar refractivity (Wildman–Crippen MR) is 76.2 cm³/mol. The number of aliphatic hydroxyl groups excluding tert-OH is 1. The molecule has 0 saturated heterocycles. The third kappa shape index (κ3) is 3.01. The molecule has 0 aliphatic rings. The highest BCUT2D eigenvalue weighted by Gasteiger charge is 2.11. The molecule has 0 unspecified atom stereocenters. The van der Waals surface area contributed by atoms with E-state index in [1.807, 2.05) is 13.8 Å².